The molecule has 3 aliphatic rings. The van der Waals surface area contributed by atoms with E-state index < -0.39 is 11.5 Å². The molecule has 2 N–H and O–H groups in total. The Bertz CT molecular complexity index is 1340. The van der Waals surface area contributed by atoms with Crippen molar-refractivity contribution >= 4 is 28.3 Å². The van der Waals surface area contributed by atoms with E-state index in [-0.39, 0.29) is 30.2 Å². The van der Waals surface area contributed by atoms with Crippen molar-refractivity contribution in [2.45, 2.75) is 49.7 Å². The molecule has 0 aromatic heterocycles. The van der Waals surface area contributed by atoms with Crippen molar-refractivity contribution in [1.29, 1.82) is 0 Å². The molecule has 186 valence electrons. The van der Waals surface area contributed by atoms with Gasteiger partial charge < -0.3 is 20.2 Å². The Morgan fingerprint density at radius 2 is 1.72 bits per heavy atom. The molecule has 0 spiro atoms. The summed E-state index contributed by atoms with van der Waals surface area (Å²) >= 11 is 0. The maximum absolute atomic E-state index is 13.8. The molecule has 0 saturated carbocycles. The lowest BCUT2D eigenvalue weighted by Gasteiger charge is -2.39. The second-order valence-electron chi connectivity index (χ2n) is 10.8. The molecule has 3 aromatic carbocycles. The van der Waals surface area contributed by atoms with Crippen molar-refractivity contribution in [1.82, 2.24) is 10.2 Å². The van der Waals surface area contributed by atoms with E-state index in [0.717, 1.165) is 49.3 Å². The molecule has 6 nitrogen and oxygen atoms in total. The molecular formula is C30H33N3O3. The van der Waals surface area contributed by atoms with Crippen molar-refractivity contribution in [2.75, 3.05) is 31.6 Å². The maximum atomic E-state index is 13.8. The predicted molar refractivity (Wildman–Crippen MR) is 141 cm³/mol. The summed E-state index contributed by atoms with van der Waals surface area (Å²) in [5, 5.41) is 16.2. The van der Waals surface area contributed by atoms with Crippen LogP contribution in [0.2, 0.25) is 0 Å². The highest BCUT2D eigenvalue weighted by Crippen LogP contribution is 2.47. The monoisotopic (exact) mass is 483 g/mol. The Kier molecular flexibility index (Phi) is 5.61. The summed E-state index contributed by atoms with van der Waals surface area (Å²) in [7, 11) is 1.62. The number of anilines is 1. The van der Waals surface area contributed by atoms with E-state index in [4.69, 9.17) is 0 Å². The van der Waals surface area contributed by atoms with E-state index in [0.29, 0.717) is 0 Å². The van der Waals surface area contributed by atoms with Gasteiger partial charge in [-0.15, -0.1) is 0 Å². The molecule has 2 heterocycles. The van der Waals surface area contributed by atoms with Gasteiger partial charge in [-0.05, 0) is 53.3 Å². The summed E-state index contributed by atoms with van der Waals surface area (Å²) in [5.74, 6) is -0.0322. The van der Waals surface area contributed by atoms with Crippen molar-refractivity contribution in [3.05, 3.63) is 77.4 Å². The van der Waals surface area contributed by atoms with Crippen LogP contribution in [0.3, 0.4) is 0 Å². The van der Waals surface area contributed by atoms with E-state index in [1.54, 1.807) is 7.05 Å². The van der Waals surface area contributed by atoms with E-state index in [1.165, 1.54) is 16.3 Å². The molecular weight excluding hydrogens is 450 g/mol. The second-order valence-corrected chi connectivity index (χ2v) is 10.8. The Morgan fingerprint density at radius 1 is 1.03 bits per heavy atom. The normalized spacial score (nSPS) is 26.0. The van der Waals surface area contributed by atoms with Crippen molar-refractivity contribution < 1.29 is 14.7 Å². The van der Waals surface area contributed by atoms with Gasteiger partial charge in [-0.3, -0.25) is 9.59 Å². The largest absolute Gasteiger partial charge is 0.388 e. The number of aliphatic hydroxyl groups is 1. The first kappa shape index (κ1) is 23.2. The average molecular weight is 484 g/mol. The summed E-state index contributed by atoms with van der Waals surface area (Å²) in [6.07, 6.45) is 1.41. The highest BCUT2D eigenvalue weighted by Gasteiger charge is 2.50. The lowest BCUT2D eigenvalue weighted by atomic mass is 9.80. The number of nitrogens with one attached hydrogen (secondary N) is 1. The van der Waals surface area contributed by atoms with Crippen LogP contribution in [0.4, 0.5) is 5.69 Å². The quantitative estimate of drug-likeness (QED) is 0.578. The van der Waals surface area contributed by atoms with E-state index in [1.807, 2.05) is 42.2 Å². The first-order chi connectivity index (χ1) is 17.4. The summed E-state index contributed by atoms with van der Waals surface area (Å²) in [5.41, 5.74) is 3.33. The van der Waals surface area contributed by atoms with Crippen LogP contribution in [0.25, 0.3) is 10.8 Å². The van der Waals surface area contributed by atoms with Gasteiger partial charge >= 0.3 is 0 Å². The number of rotatable bonds is 5. The molecule has 2 unspecified atom stereocenters. The number of fused-ring (bicyclic) bond motifs is 1. The zero-order chi connectivity index (χ0) is 25.0. The molecule has 2 aliphatic heterocycles. The van der Waals surface area contributed by atoms with Gasteiger partial charge in [0, 0.05) is 50.7 Å². The first-order valence-corrected chi connectivity index (χ1v) is 13.0. The van der Waals surface area contributed by atoms with Gasteiger partial charge in [0.1, 0.15) is 0 Å². The van der Waals surface area contributed by atoms with Crippen molar-refractivity contribution in [2.24, 2.45) is 0 Å². The third kappa shape index (κ3) is 3.46. The molecule has 3 aromatic rings. The van der Waals surface area contributed by atoms with Gasteiger partial charge in [0.15, 0.2) is 0 Å². The van der Waals surface area contributed by atoms with Gasteiger partial charge in [0.05, 0.1) is 11.5 Å². The molecule has 1 aliphatic carbocycles. The fraction of sp³-hybridized carbons (Fsp3) is 0.400. The number of piperidine rings is 1. The van der Waals surface area contributed by atoms with Crippen LogP contribution < -0.4 is 10.2 Å². The Labute approximate surface area is 211 Å². The minimum atomic E-state index is -0.841. The SMILES string of the molecule is CNC(=O)CC1(C)C(=O)N(C2CCN(CC3c4cccc5cccc(c45)[C@@H]3O)CC2)c2ccccc21. The van der Waals surface area contributed by atoms with Crippen LogP contribution in [-0.4, -0.2) is 54.5 Å². The highest BCUT2D eigenvalue weighted by atomic mass is 16.3. The summed E-state index contributed by atoms with van der Waals surface area (Å²) in [6.45, 7) is 4.45. The van der Waals surface area contributed by atoms with E-state index in [9.17, 15) is 14.7 Å². The number of carbonyl (C=O) groups is 2. The van der Waals surface area contributed by atoms with Gasteiger partial charge in [0.2, 0.25) is 11.8 Å². The minimum absolute atomic E-state index is 0.0269. The third-order valence-corrected chi connectivity index (χ3v) is 8.69. The highest BCUT2D eigenvalue weighted by molar-refractivity contribution is 6.10. The zero-order valence-electron chi connectivity index (χ0n) is 20.9. The molecule has 6 rings (SSSR count). The molecule has 36 heavy (non-hydrogen) atoms. The third-order valence-electron chi connectivity index (χ3n) is 8.69. The Morgan fingerprint density at radius 3 is 2.44 bits per heavy atom. The van der Waals surface area contributed by atoms with Crippen molar-refractivity contribution in [3.8, 4) is 0 Å². The number of carbonyl (C=O) groups excluding carboxylic acids is 2. The van der Waals surface area contributed by atoms with Gasteiger partial charge in [-0.2, -0.15) is 0 Å². The number of hydrogen-bond donors (Lipinski definition) is 2. The summed E-state index contributed by atoms with van der Waals surface area (Å²) in [4.78, 5) is 30.5. The average Bonchev–Trinajstić information content (AvgIpc) is 3.29. The number of nitrogens with zero attached hydrogens (tertiary/aromatic N) is 2. The molecule has 1 saturated heterocycles. The van der Waals surface area contributed by atoms with Crippen molar-refractivity contribution in [3.63, 3.8) is 0 Å². The predicted octanol–water partition coefficient (Wildman–Crippen LogP) is 3.88. The lowest BCUT2D eigenvalue weighted by Crippen LogP contribution is -2.50. The molecule has 0 radical (unpaired) electrons. The smallest absolute Gasteiger partial charge is 0.238 e. The Balaban J connectivity index is 1.18. The number of para-hydroxylation sites is 1. The Hall–Kier alpha value is -3.22. The number of hydrogen-bond acceptors (Lipinski definition) is 4. The maximum Gasteiger partial charge on any atom is 0.238 e. The fourth-order valence-electron chi connectivity index (χ4n) is 6.76. The number of aliphatic hydroxyl groups excluding tert-OH is 1. The number of amides is 2. The molecule has 1 fully saturated rings. The molecule has 3 atom stereocenters. The standard InChI is InChI=1S/C30H33N3O3/c1-30(17-26(34)31-2)24-11-3-4-12-25(24)33(29(30)36)20-13-15-32(16-14-20)18-23-21-9-5-7-19-8-6-10-22(27(19)21)28(23)35/h3-12,20,23,28,35H,13-18H2,1-2H3,(H,31,34)/t23?,28-,30?/m0/s1. The summed E-state index contributed by atoms with van der Waals surface area (Å²) in [6, 6.07) is 20.6. The first-order valence-electron chi connectivity index (χ1n) is 13.0. The van der Waals surface area contributed by atoms with Crippen LogP contribution in [0.15, 0.2) is 60.7 Å². The number of benzene rings is 3. The van der Waals surface area contributed by atoms with Gasteiger partial charge in [-0.1, -0.05) is 54.6 Å². The van der Waals surface area contributed by atoms with Gasteiger partial charge in [0.25, 0.3) is 0 Å². The topological polar surface area (TPSA) is 72.9 Å². The summed E-state index contributed by atoms with van der Waals surface area (Å²) < 4.78 is 0. The van der Waals surface area contributed by atoms with Gasteiger partial charge in [-0.25, -0.2) is 0 Å². The molecule has 0 bridgehead atoms. The van der Waals surface area contributed by atoms with Crippen LogP contribution >= 0.6 is 0 Å². The minimum Gasteiger partial charge on any atom is -0.388 e. The van der Waals surface area contributed by atoms with Crippen LogP contribution in [-0.2, 0) is 15.0 Å². The second kappa shape index (κ2) is 8.71. The van der Waals surface area contributed by atoms with E-state index in [2.05, 4.69) is 40.5 Å². The fourth-order valence-corrected chi connectivity index (χ4v) is 6.76. The molecule has 2 amide bonds. The zero-order valence-corrected chi connectivity index (χ0v) is 20.9. The number of likely N-dealkylation sites (tertiary alicyclic amines) is 1. The lowest BCUT2D eigenvalue weighted by molar-refractivity contribution is -0.129. The van der Waals surface area contributed by atoms with E-state index >= 15 is 0 Å². The van der Waals surface area contributed by atoms with Crippen LogP contribution in [0.5, 0.6) is 0 Å². The van der Waals surface area contributed by atoms with Crippen LogP contribution in [0, 0.1) is 0 Å². The van der Waals surface area contributed by atoms with Crippen LogP contribution in [0.1, 0.15) is 54.9 Å². The molecule has 6 heteroatoms.